The van der Waals surface area contributed by atoms with Crippen LogP contribution in [-0.2, 0) is 16.6 Å². The molecule has 0 aliphatic carbocycles. The van der Waals surface area contributed by atoms with E-state index in [0.717, 1.165) is 27.3 Å². The number of fused-ring (bicyclic) bond motifs is 1. The second-order valence-electron chi connectivity index (χ2n) is 5.96. The average Bonchev–Trinajstić information content (AvgIpc) is 3.08. The van der Waals surface area contributed by atoms with Crippen LogP contribution in [0.5, 0.6) is 0 Å². The van der Waals surface area contributed by atoms with Crippen LogP contribution < -0.4 is 5.32 Å². The number of rotatable bonds is 5. The largest absolute Gasteiger partial charge is 0.340 e. The minimum Gasteiger partial charge on any atom is -0.340 e. The molecular formula is C20H17N3OS2. The molecule has 0 aliphatic heterocycles. The summed E-state index contributed by atoms with van der Waals surface area (Å²) in [6.07, 6.45) is 3.30. The van der Waals surface area contributed by atoms with E-state index < -0.39 is 10.8 Å². The molecule has 130 valence electrons. The molecule has 4 rings (SSSR count). The van der Waals surface area contributed by atoms with E-state index in [4.69, 9.17) is 0 Å². The first-order chi connectivity index (χ1) is 12.7. The Balaban J connectivity index is 1.69. The summed E-state index contributed by atoms with van der Waals surface area (Å²) >= 11 is 1.66. The Morgan fingerprint density at radius 1 is 1.04 bits per heavy atom. The first-order valence-corrected chi connectivity index (χ1v) is 10.7. The lowest BCUT2D eigenvalue weighted by Crippen LogP contribution is -1.97. The normalized spacial score (nSPS) is 12.2. The lowest BCUT2D eigenvalue weighted by atomic mass is 10.2. The van der Waals surface area contributed by atoms with Crippen LogP contribution in [0.4, 0.5) is 11.5 Å². The fourth-order valence-electron chi connectivity index (χ4n) is 2.81. The van der Waals surface area contributed by atoms with Gasteiger partial charge >= 0.3 is 0 Å². The van der Waals surface area contributed by atoms with Crippen molar-refractivity contribution in [2.24, 2.45) is 0 Å². The minimum absolute atomic E-state index is 0.547. The summed E-state index contributed by atoms with van der Waals surface area (Å²) in [6, 6.07) is 20.4. The molecule has 0 aliphatic rings. The predicted octanol–water partition coefficient (Wildman–Crippen LogP) is 4.98. The number of hydrogen-bond donors (Lipinski definition) is 1. The summed E-state index contributed by atoms with van der Waals surface area (Å²) in [4.78, 5) is 11.0. The smallest absolute Gasteiger partial charge is 0.142 e. The topological polar surface area (TPSA) is 54.9 Å². The minimum atomic E-state index is -0.863. The van der Waals surface area contributed by atoms with Crippen LogP contribution >= 0.6 is 11.3 Å². The highest BCUT2D eigenvalue weighted by Crippen LogP contribution is 2.35. The molecule has 0 radical (unpaired) electrons. The van der Waals surface area contributed by atoms with Crippen molar-refractivity contribution in [2.45, 2.75) is 5.75 Å². The van der Waals surface area contributed by atoms with Crippen molar-refractivity contribution in [1.29, 1.82) is 0 Å². The van der Waals surface area contributed by atoms with Gasteiger partial charge < -0.3 is 5.32 Å². The first-order valence-electron chi connectivity index (χ1n) is 8.15. The quantitative estimate of drug-likeness (QED) is 0.531. The van der Waals surface area contributed by atoms with Crippen LogP contribution in [-0.4, -0.2) is 20.4 Å². The monoisotopic (exact) mass is 379 g/mol. The molecule has 0 fully saturated rings. The van der Waals surface area contributed by atoms with Crippen molar-refractivity contribution in [3.63, 3.8) is 0 Å². The number of nitrogens with zero attached hydrogens (tertiary/aromatic N) is 2. The second-order valence-corrected chi connectivity index (χ2v) is 8.43. The van der Waals surface area contributed by atoms with Crippen molar-refractivity contribution >= 4 is 43.9 Å². The molecule has 2 aromatic heterocycles. The lowest BCUT2D eigenvalue weighted by Gasteiger charge is -2.08. The first kappa shape index (κ1) is 16.9. The van der Waals surface area contributed by atoms with Crippen molar-refractivity contribution < 1.29 is 4.21 Å². The highest BCUT2D eigenvalue weighted by molar-refractivity contribution is 7.83. The van der Waals surface area contributed by atoms with E-state index in [1.54, 1.807) is 23.9 Å². The van der Waals surface area contributed by atoms with Crippen LogP contribution in [0.2, 0.25) is 0 Å². The summed E-state index contributed by atoms with van der Waals surface area (Å²) in [5, 5.41) is 4.38. The molecule has 0 spiro atoms. The van der Waals surface area contributed by atoms with E-state index in [0.29, 0.717) is 5.75 Å². The van der Waals surface area contributed by atoms with E-state index in [9.17, 15) is 4.21 Å². The molecular weight excluding hydrogens is 362 g/mol. The Bertz CT molecular complexity index is 1080. The molecule has 0 saturated carbocycles. The van der Waals surface area contributed by atoms with Gasteiger partial charge in [0.25, 0.3) is 0 Å². The van der Waals surface area contributed by atoms with Crippen molar-refractivity contribution in [1.82, 2.24) is 9.97 Å². The molecule has 0 bridgehead atoms. The molecule has 2 aromatic carbocycles. The molecule has 1 atom stereocenters. The van der Waals surface area contributed by atoms with E-state index in [1.165, 1.54) is 10.4 Å². The maximum Gasteiger partial charge on any atom is 0.142 e. The van der Waals surface area contributed by atoms with Gasteiger partial charge in [0.05, 0.1) is 5.39 Å². The molecule has 0 amide bonds. The van der Waals surface area contributed by atoms with Gasteiger partial charge in [-0.1, -0.05) is 42.5 Å². The fraction of sp³-hybridized carbons (Fsp3) is 0.100. The van der Waals surface area contributed by atoms with Gasteiger partial charge in [-0.25, -0.2) is 9.97 Å². The molecule has 2 heterocycles. The van der Waals surface area contributed by atoms with Gasteiger partial charge in [-0.15, -0.1) is 11.3 Å². The van der Waals surface area contributed by atoms with Crippen LogP contribution in [0.15, 0.2) is 67.0 Å². The maximum atomic E-state index is 11.5. The van der Waals surface area contributed by atoms with Crippen molar-refractivity contribution in [3.8, 4) is 10.4 Å². The number of anilines is 2. The zero-order valence-corrected chi connectivity index (χ0v) is 15.8. The molecule has 4 nitrogen and oxygen atoms in total. The van der Waals surface area contributed by atoms with Crippen LogP contribution in [0.25, 0.3) is 20.7 Å². The van der Waals surface area contributed by atoms with Crippen LogP contribution in [0, 0.1) is 0 Å². The predicted molar refractivity (Wildman–Crippen MR) is 110 cm³/mol. The van der Waals surface area contributed by atoms with E-state index in [2.05, 4.69) is 33.5 Å². The Labute approximate surface area is 158 Å². The molecule has 6 heteroatoms. The lowest BCUT2D eigenvalue weighted by molar-refractivity contribution is 0.686. The van der Waals surface area contributed by atoms with Gasteiger partial charge in [-0.2, -0.15) is 0 Å². The molecule has 1 N–H and O–H groups in total. The summed E-state index contributed by atoms with van der Waals surface area (Å²) in [7, 11) is -0.863. The molecule has 4 aromatic rings. The average molecular weight is 380 g/mol. The number of thiophene rings is 1. The molecule has 0 saturated heterocycles. The van der Waals surface area contributed by atoms with Crippen molar-refractivity contribution in [2.75, 3.05) is 11.6 Å². The number of benzene rings is 2. The van der Waals surface area contributed by atoms with Gasteiger partial charge in [-0.3, -0.25) is 4.21 Å². The van der Waals surface area contributed by atoms with Gasteiger partial charge in [0.1, 0.15) is 17.0 Å². The third-order valence-corrected chi connectivity index (χ3v) is 5.78. The van der Waals surface area contributed by atoms with Crippen LogP contribution in [0.1, 0.15) is 5.56 Å². The Kier molecular flexibility index (Phi) is 4.77. The van der Waals surface area contributed by atoms with Crippen LogP contribution in [0.3, 0.4) is 0 Å². The van der Waals surface area contributed by atoms with E-state index in [1.807, 2.05) is 42.5 Å². The maximum absolute atomic E-state index is 11.5. The summed E-state index contributed by atoms with van der Waals surface area (Å²) in [6.45, 7) is 0. The number of hydrogen-bond acceptors (Lipinski definition) is 5. The highest BCUT2D eigenvalue weighted by atomic mass is 32.2. The second kappa shape index (κ2) is 7.35. The van der Waals surface area contributed by atoms with Gasteiger partial charge in [0, 0.05) is 33.4 Å². The zero-order valence-electron chi connectivity index (χ0n) is 14.2. The Hall–Kier alpha value is -2.57. The summed E-state index contributed by atoms with van der Waals surface area (Å²) in [5.41, 5.74) is 3.14. The summed E-state index contributed by atoms with van der Waals surface area (Å²) < 4.78 is 11.5. The van der Waals surface area contributed by atoms with Gasteiger partial charge in [0.15, 0.2) is 0 Å². The standard InChI is InChI=1S/C20H17N3OS2/c1-26(24)12-14-6-5-9-16(10-14)23-19-17-11-18(15-7-3-2-4-8-15)25-20(17)22-13-21-19/h2-11,13H,12H2,1H3,(H,21,22,23). The Morgan fingerprint density at radius 3 is 2.69 bits per heavy atom. The third-order valence-electron chi connectivity index (χ3n) is 3.95. The number of aromatic nitrogens is 2. The zero-order chi connectivity index (χ0) is 17.9. The van der Waals surface area contributed by atoms with Crippen molar-refractivity contribution in [3.05, 3.63) is 72.6 Å². The molecule has 1 unspecified atom stereocenters. The third kappa shape index (κ3) is 3.66. The van der Waals surface area contributed by atoms with E-state index in [-0.39, 0.29) is 0 Å². The highest BCUT2D eigenvalue weighted by Gasteiger charge is 2.10. The van der Waals surface area contributed by atoms with Gasteiger partial charge in [0.2, 0.25) is 0 Å². The summed E-state index contributed by atoms with van der Waals surface area (Å²) in [5.74, 6) is 1.33. The fourth-order valence-corrected chi connectivity index (χ4v) is 4.46. The van der Waals surface area contributed by atoms with Gasteiger partial charge in [-0.05, 0) is 29.3 Å². The number of nitrogens with one attached hydrogen (secondary N) is 1. The molecule has 26 heavy (non-hydrogen) atoms. The Morgan fingerprint density at radius 2 is 1.88 bits per heavy atom. The van der Waals surface area contributed by atoms with E-state index >= 15 is 0 Å². The SMILES string of the molecule is CS(=O)Cc1cccc(Nc2ncnc3sc(-c4ccccc4)cc23)c1.